The van der Waals surface area contributed by atoms with Crippen molar-refractivity contribution < 1.29 is 9.15 Å². The maximum atomic E-state index is 9.57. The largest absolute Gasteiger partial charge is 0.460 e. The highest BCUT2D eigenvalue weighted by Gasteiger charge is 2.36. The van der Waals surface area contributed by atoms with Crippen molar-refractivity contribution in [2.45, 2.75) is 12.8 Å². The highest BCUT2D eigenvalue weighted by atomic mass is 35.5. The predicted octanol–water partition coefficient (Wildman–Crippen LogP) is 4.50. The van der Waals surface area contributed by atoms with Crippen LogP contribution in [0.4, 0.5) is 0 Å². The number of fused-ring (bicyclic) bond motifs is 1. The number of aryl methyl sites for hydroxylation is 1. The van der Waals surface area contributed by atoms with Gasteiger partial charge in [0.25, 0.3) is 0 Å². The Bertz CT molecular complexity index is 1090. The molecule has 0 spiro atoms. The average molecular weight is 387 g/mol. The molecule has 26 heavy (non-hydrogen) atoms. The van der Waals surface area contributed by atoms with E-state index in [0.29, 0.717) is 33.0 Å². The number of halogens is 2. The van der Waals surface area contributed by atoms with E-state index in [9.17, 15) is 5.26 Å². The van der Waals surface area contributed by atoms with Crippen LogP contribution in [-0.4, -0.2) is 10.2 Å². The topological polar surface area (TPSA) is 101 Å². The van der Waals surface area contributed by atoms with Crippen LogP contribution in [0.2, 0.25) is 10.0 Å². The van der Waals surface area contributed by atoms with Crippen LogP contribution in [-0.2, 0) is 0 Å². The van der Waals surface area contributed by atoms with Crippen LogP contribution in [0.1, 0.15) is 22.9 Å². The Morgan fingerprint density at radius 3 is 2.81 bits per heavy atom. The normalized spacial score (nSPS) is 16.2. The molecule has 1 aliphatic rings. The second-order valence-electron chi connectivity index (χ2n) is 5.82. The van der Waals surface area contributed by atoms with E-state index < -0.39 is 5.92 Å². The first kappa shape index (κ1) is 16.6. The van der Waals surface area contributed by atoms with Gasteiger partial charge < -0.3 is 14.9 Å². The maximum absolute atomic E-state index is 9.57. The van der Waals surface area contributed by atoms with Crippen LogP contribution in [0.3, 0.4) is 0 Å². The van der Waals surface area contributed by atoms with Crippen molar-refractivity contribution in [3.05, 3.63) is 68.9 Å². The summed E-state index contributed by atoms with van der Waals surface area (Å²) < 4.78 is 11.5. The molecule has 1 aromatic carbocycles. The van der Waals surface area contributed by atoms with E-state index in [0.717, 1.165) is 11.3 Å². The van der Waals surface area contributed by atoms with Crippen LogP contribution in [0.25, 0.3) is 11.3 Å². The molecule has 0 amide bonds. The Morgan fingerprint density at radius 2 is 2.08 bits per heavy atom. The highest BCUT2D eigenvalue weighted by molar-refractivity contribution is 6.36. The van der Waals surface area contributed by atoms with Gasteiger partial charge in [-0.05, 0) is 37.3 Å². The number of benzene rings is 1. The van der Waals surface area contributed by atoms with E-state index in [1.165, 1.54) is 0 Å². The third-order valence-corrected chi connectivity index (χ3v) is 4.79. The number of hydrogen-bond donors (Lipinski definition) is 2. The van der Waals surface area contributed by atoms with Crippen molar-refractivity contribution in [1.82, 2.24) is 10.2 Å². The van der Waals surface area contributed by atoms with Gasteiger partial charge >= 0.3 is 0 Å². The first-order valence-corrected chi connectivity index (χ1v) is 8.42. The molecule has 0 radical (unpaired) electrons. The summed E-state index contributed by atoms with van der Waals surface area (Å²) in [4.78, 5) is 0. The third-order valence-electron chi connectivity index (χ3n) is 4.24. The summed E-state index contributed by atoms with van der Waals surface area (Å²) in [5, 5.41) is 17.5. The molecular formula is C18H12Cl2N4O2. The molecule has 8 heteroatoms. The molecule has 2 aromatic heterocycles. The zero-order chi connectivity index (χ0) is 18.4. The fraction of sp³-hybridized carbons (Fsp3) is 0.111. The number of hydrogen-bond acceptors (Lipinski definition) is 5. The van der Waals surface area contributed by atoms with Crippen LogP contribution < -0.4 is 10.5 Å². The Labute approximate surface area is 158 Å². The summed E-state index contributed by atoms with van der Waals surface area (Å²) in [7, 11) is 0. The zero-order valence-corrected chi connectivity index (χ0v) is 15.0. The molecule has 3 aromatic rings. The number of rotatable bonds is 2. The molecule has 3 N–H and O–H groups in total. The number of aromatic nitrogens is 2. The summed E-state index contributed by atoms with van der Waals surface area (Å²) in [5.41, 5.74) is 8.37. The number of furan rings is 1. The molecule has 0 saturated carbocycles. The number of nitrogens with two attached hydrogens (primary N) is 1. The zero-order valence-electron chi connectivity index (χ0n) is 13.5. The fourth-order valence-electron chi connectivity index (χ4n) is 3.03. The van der Waals surface area contributed by atoms with E-state index >= 15 is 0 Å². The van der Waals surface area contributed by atoms with Gasteiger partial charge in [-0.2, -0.15) is 5.26 Å². The molecule has 1 unspecified atom stereocenters. The van der Waals surface area contributed by atoms with E-state index in [-0.39, 0.29) is 11.5 Å². The van der Waals surface area contributed by atoms with Gasteiger partial charge in [-0.25, -0.2) is 0 Å². The van der Waals surface area contributed by atoms with Crippen LogP contribution in [0, 0.1) is 18.3 Å². The molecule has 1 aliphatic heterocycles. The van der Waals surface area contributed by atoms with Gasteiger partial charge in [0, 0.05) is 16.3 Å². The number of H-pyrrole nitrogens is 1. The van der Waals surface area contributed by atoms with Gasteiger partial charge in [0.2, 0.25) is 11.8 Å². The highest BCUT2D eigenvalue weighted by Crippen LogP contribution is 2.44. The predicted molar refractivity (Wildman–Crippen MR) is 96.8 cm³/mol. The van der Waals surface area contributed by atoms with E-state index in [1.54, 1.807) is 30.3 Å². The monoisotopic (exact) mass is 386 g/mol. The lowest BCUT2D eigenvalue weighted by Gasteiger charge is -2.21. The number of allylic oxidation sites excluding steroid dienone is 1. The van der Waals surface area contributed by atoms with Crippen molar-refractivity contribution >= 4 is 23.2 Å². The molecule has 0 saturated heterocycles. The summed E-state index contributed by atoms with van der Waals surface area (Å²) in [6.45, 7) is 1.85. The summed E-state index contributed by atoms with van der Waals surface area (Å²) >= 11 is 12.2. The third kappa shape index (κ3) is 2.53. The number of nitrogens with zero attached hydrogens (tertiary/aromatic N) is 2. The van der Waals surface area contributed by atoms with Crippen molar-refractivity contribution in [1.29, 1.82) is 5.26 Å². The second kappa shape index (κ2) is 6.13. The average Bonchev–Trinajstić information content (AvgIpc) is 3.21. The van der Waals surface area contributed by atoms with Gasteiger partial charge in [0.05, 0.1) is 16.5 Å². The molecule has 0 fully saturated rings. The first-order chi connectivity index (χ1) is 12.5. The quantitative estimate of drug-likeness (QED) is 0.674. The molecule has 1 atom stereocenters. The molecular weight excluding hydrogens is 375 g/mol. The maximum Gasteiger partial charge on any atom is 0.244 e. The Morgan fingerprint density at radius 1 is 1.27 bits per heavy atom. The molecule has 6 nitrogen and oxygen atoms in total. The van der Waals surface area contributed by atoms with Gasteiger partial charge in [-0.1, -0.05) is 23.2 Å². The summed E-state index contributed by atoms with van der Waals surface area (Å²) in [6, 6.07) is 10.8. The lowest BCUT2D eigenvalue weighted by Crippen LogP contribution is -2.20. The minimum atomic E-state index is -0.512. The minimum absolute atomic E-state index is 0.0129. The second-order valence-corrected chi connectivity index (χ2v) is 6.66. The SMILES string of the molecule is Cc1[nH]nc2c1C(c1ccc(-c3ccc(Cl)cc3Cl)o1)C(C#N)=C(N)O2. The van der Waals surface area contributed by atoms with Crippen LogP contribution in [0.5, 0.6) is 5.88 Å². The van der Waals surface area contributed by atoms with E-state index in [1.807, 2.05) is 6.92 Å². The minimum Gasteiger partial charge on any atom is -0.460 e. The lowest BCUT2D eigenvalue weighted by molar-refractivity contribution is 0.371. The number of aromatic amines is 1. The summed E-state index contributed by atoms with van der Waals surface area (Å²) in [6.07, 6.45) is 0. The van der Waals surface area contributed by atoms with Gasteiger partial charge in [-0.3, -0.25) is 5.10 Å². The molecule has 3 heterocycles. The standard InChI is InChI=1S/C18H12Cl2N4O2/c1-8-15-16(11(7-21)17(22)26-18(15)24-23-8)14-5-4-13(25-14)10-3-2-9(19)6-12(10)20/h2-6,16H,22H2,1H3,(H,23,24). The van der Waals surface area contributed by atoms with Crippen LogP contribution >= 0.6 is 23.2 Å². The van der Waals surface area contributed by atoms with Gasteiger partial charge in [0.15, 0.2) is 0 Å². The lowest BCUT2D eigenvalue weighted by atomic mass is 9.88. The molecule has 0 aliphatic carbocycles. The van der Waals surface area contributed by atoms with E-state index in [4.69, 9.17) is 38.1 Å². The smallest absolute Gasteiger partial charge is 0.244 e. The fourth-order valence-corrected chi connectivity index (χ4v) is 3.53. The van der Waals surface area contributed by atoms with Crippen molar-refractivity contribution in [3.8, 4) is 23.3 Å². The number of ether oxygens (including phenoxy) is 1. The van der Waals surface area contributed by atoms with Gasteiger partial charge in [-0.15, -0.1) is 5.10 Å². The molecule has 0 bridgehead atoms. The Balaban J connectivity index is 1.84. The molecule has 130 valence electrons. The number of nitrogens with one attached hydrogen (secondary N) is 1. The number of nitriles is 1. The first-order valence-electron chi connectivity index (χ1n) is 7.67. The van der Waals surface area contributed by atoms with Crippen LogP contribution in [0.15, 0.2) is 46.2 Å². The van der Waals surface area contributed by atoms with Crippen molar-refractivity contribution in [2.75, 3.05) is 0 Å². The molecule has 4 rings (SSSR count). The summed E-state index contributed by atoms with van der Waals surface area (Å²) in [5.74, 6) is 0.944. The van der Waals surface area contributed by atoms with Gasteiger partial charge in [0.1, 0.15) is 23.2 Å². The Hall–Kier alpha value is -2.88. The van der Waals surface area contributed by atoms with E-state index in [2.05, 4.69) is 16.3 Å². The Kier molecular flexibility index (Phi) is 3.91. The van der Waals surface area contributed by atoms with Crippen molar-refractivity contribution in [2.24, 2.45) is 5.73 Å². The van der Waals surface area contributed by atoms with Crippen molar-refractivity contribution in [3.63, 3.8) is 0 Å².